The largest absolute Gasteiger partial charge is 0.350 e. The lowest BCUT2D eigenvalue weighted by molar-refractivity contribution is -0.126. The van der Waals surface area contributed by atoms with Crippen LogP contribution in [0.4, 0.5) is 0 Å². The van der Waals surface area contributed by atoms with E-state index in [4.69, 9.17) is 0 Å². The molecule has 3 heterocycles. The van der Waals surface area contributed by atoms with E-state index < -0.39 is 6.04 Å². The van der Waals surface area contributed by atoms with Gasteiger partial charge in [-0.2, -0.15) is 5.10 Å². The summed E-state index contributed by atoms with van der Waals surface area (Å²) in [6.45, 7) is 1.73. The van der Waals surface area contributed by atoms with Gasteiger partial charge in [0.25, 0.3) is 5.91 Å². The summed E-state index contributed by atoms with van der Waals surface area (Å²) in [5.74, 6) is -0.123. The molecule has 1 aromatic carbocycles. The molecule has 1 saturated heterocycles. The Morgan fingerprint density at radius 1 is 1.10 bits per heavy atom. The maximum Gasteiger partial charge on any atom is 0.264 e. The van der Waals surface area contributed by atoms with Crippen LogP contribution in [-0.4, -0.2) is 39.1 Å². The highest BCUT2D eigenvalue weighted by atomic mass is 32.1. The standard InChI is InChI=1S/C22H24N4O2S/c27-21(19-9-3-4-13-26(19)22(28)20-10-5-14-29-20)23-15-17-7-1-2-8-18(17)16-25-12-6-11-24-25/h1-2,5-8,10-12,14,19H,3-4,9,13,15-16H2,(H,23,27). The number of amides is 2. The first-order chi connectivity index (χ1) is 14.2. The highest BCUT2D eigenvalue weighted by molar-refractivity contribution is 7.12. The first kappa shape index (κ1) is 19.4. The molecule has 6 nitrogen and oxygen atoms in total. The molecule has 1 N–H and O–H groups in total. The van der Waals surface area contributed by atoms with Crippen molar-refractivity contribution >= 4 is 23.2 Å². The minimum absolute atomic E-state index is 0.0427. The summed E-state index contributed by atoms with van der Waals surface area (Å²) in [5.41, 5.74) is 2.18. The minimum atomic E-state index is -0.406. The topological polar surface area (TPSA) is 67.2 Å². The Hall–Kier alpha value is -2.93. The summed E-state index contributed by atoms with van der Waals surface area (Å²) < 4.78 is 1.86. The summed E-state index contributed by atoms with van der Waals surface area (Å²) in [6.07, 6.45) is 6.28. The minimum Gasteiger partial charge on any atom is -0.350 e. The summed E-state index contributed by atoms with van der Waals surface area (Å²) in [6, 6.07) is 13.2. The fourth-order valence-corrected chi connectivity index (χ4v) is 4.42. The molecule has 0 aliphatic carbocycles. The van der Waals surface area contributed by atoms with Crippen molar-refractivity contribution in [3.8, 4) is 0 Å². The van der Waals surface area contributed by atoms with E-state index in [2.05, 4.69) is 16.5 Å². The lowest BCUT2D eigenvalue weighted by Gasteiger charge is -2.34. The summed E-state index contributed by atoms with van der Waals surface area (Å²) in [5, 5.41) is 9.21. The molecule has 2 amide bonds. The molecule has 1 aliphatic heterocycles. The predicted octanol–water partition coefficient (Wildman–Crippen LogP) is 3.30. The van der Waals surface area contributed by atoms with E-state index in [1.165, 1.54) is 11.3 Å². The van der Waals surface area contributed by atoms with Crippen molar-refractivity contribution in [3.63, 3.8) is 0 Å². The molecule has 1 aliphatic rings. The van der Waals surface area contributed by atoms with Gasteiger partial charge in [0.05, 0.1) is 11.4 Å². The highest BCUT2D eigenvalue weighted by Crippen LogP contribution is 2.22. The lowest BCUT2D eigenvalue weighted by atomic mass is 10.0. The third-order valence-corrected chi connectivity index (χ3v) is 6.12. The van der Waals surface area contributed by atoms with Gasteiger partial charge in [0.1, 0.15) is 6.04 Å². The zero-order valence-corrected chi connectivity index (χ0v) is 17.0. The quantitative estimate of drug-likeness (QED) is 0.681. The van der Waals surface area contributed by atoms with Crippen LogP contribution in [0.3, 0.4) is 0 Å². The summed E-state index contributed by atoms with van der Waals surface area (Å²) in [7, 11) is 0. The molecule has 0 spiro atoms. The Bertz CT molecular complexity index is 953. The third-order valence-electron chi connectivity index (χ3n) is 5.26. The molecular weight excluding hydrogens is 384 g/mol. The molecule has 0 saturated carbocycles. The Balaban J connectivity index is 1.43. The number of hydrogen-bond donors (Lipinski definition) is 1. The SMILES string of the molecule is O=C(NCc1ccccc1Cn1cccn1)C1CCCCN1C(=O)c1cccs1. The molecule has 3 aromatic rings. The monoisotopic (exact) mass is 408 g/mol. The van der Waals surface area contributed by atoms with Crippen LogP contribution in [0, 0.1) is 0 Å². The summed E-state index contributed by atoms with van der Waals surface area (Å²) >= 11 is 1.42. The number of nitrogens with one attached hydrogen (secondary N) is 1. The van der Waals surface area contributed by atoms with Crippen LogP contribution in [0.2, 0.25) is 0 Å². The number of aromatic nitrogens is 2. The number of likely N-dealkylation sites (tertiary alicyclic amines) is 1. The number of nitrogens with zero attached hydrogens (tertiary/aromatic N) is 3. The fraction of sp³-hybridized carbons (Fsp3) is 0.318. The van der Waals surface area contributed by atoms with Crippen LogP contribution in [-0.2, 0) is 17.9 Å². The van der Waals surface area contributed by atoms with Crippen LogP contribution < -0.4 is 5.32 Å². The van der Waals surface area contributed by atoms with Crippen LogP contribution in [0.5, 0.6) is 0 Å². The second-order valence-electron chi connectivity index (χ2n) is 7.18. The maximum atomic E-state index is 13.0. The molecular formula is C22H24N4O2S. The van der Waals surface area contributed by atoms with Gasteiger partial charge >= 0.3 is 0 Å². The van der Waals surface area contributed by atoms with Crippen molar-refractivity contribution in [2.45, 2.75) is 38.4 Å². The van der Waals surface area contributed by atoms with E-state index in [0.29, 0.717) is 30.9 Å². The zero-order valence-electron chi connectivity index (χ0n) is 16.2. The Morgan fingerprint density at radius 2 is 1.97 bits per heavy atom. The number of thiophene rings is 1. The first-order valence-corrected chi connectivity index (χ1v) is 10.8. The Kier molecular flexibility index (Phi) is 6.05. The Labute approximate surface area is 174 Å². The van der Waals surface area contributed by atoms with Crippen LogP contribution in [0.25, 0.3) is 0 Å². The molecule has 0 radical (unpaired) electrons. The van der Waals surface area contributed by atoms with Crippen LogP contribution in [0.15, 0.2) is 60.2 Å². The second-order valence-corrected chi connectivity index (χ2v) is 8.13. The van der Waals surface area contributed by atoms with Gasteiger partial charge < -0.3 is 10.2 Å². The van der Waals surface area contributed by atoms with Gasteiger partial charge in [-0.05, 0) is 47.9 Å². The smallest absolute Gasteiger partial charge is 0.264 e. The van der Waals surface area contributed by atoms with Crippen molar-refractivity contribution in [1.29, 1.82) is 0 Å². The number of carbonyl (C=O) groups excluding carboxylic acids is 2. The Morgan fingerprint density at radius 3 is 2.72 bits per heavy atom. The van der Waals surface area contributed by atoms with Gasteiger partial charge in [0.15, 0.2) is 0 Å². The number of rotatable bonds is 6. The first-order valence-electron chi connectivity index (χ1n) is 9.89. The molecule has 4 rings (SSSR count). The molecule has 2 aromatic heterocycles. The third kappa shape index (κ3) is 4.56. The van der Waals surface area contributed by atoms with Gasteiger partial charge in [-0.15, -0.1) is 11.3 Å². The van der Waals surface area contributed by atoms with Gasteiger partial charge in [0, 0.05) is 25.5 Å². The number of hydrogen-bond acceptors (Lipinski definition) is 4. The van der Waals surface area contributed by atoms with Crippen molar-refractivity contribution in [3.05, 3.63) is 76.2 Å². The number of benzene rings is 1. The molecule has 150 valence electrons. The van der Waals surface area contributed by atoms with Crippen molar-refractivity contribution in [2.24, 2.45) is 0 Å². The van der Waals surface area contributed by atoms with Gasteiger partial charge in [-0.1, -0.05) is 30.3 Å². The fourth-order valence-electron chi connectivity index (χ4n) is 3.74. The average molecular weight is 409 g/mol. The molecule has 1 unspecified atom stereocenters. The van der Waals surface area contributed by atoms with E-state index in [1.54, 1.807) is 11.1 Å². The molecule has 29 heavy (non-hydrogen) atoms. The van der Waals surface area contributed by atoms with Crippen LogP contribution in [0.1, 0.15) is 40.1 Å². The highest BCUT2D eigenvalue weighted by Gasteiger charge is 2.32. The van der Waals surface area contributed by atoms with E-state index in [0.717, 1.165) is 24.0 Å². The van der Waals surface area contributed by atoms with Crippen molar-refractivity contribution < 1.29 is 9.59 Å². The maximum absolute atomic E-state index is 13.0. The molecule has 1 fully saturated rings. The van der Waals surface area contributed by atoms with E-state index >= 15 is 0 Å². The second kappa shape index (κ2) is 9.05. The lowest BCUT2D eigenvalue weighted by Crippen LogP contribution is -2.51. The average Bonchev–Trinajstić information content (AvgIpc) is 3.47. The number of piperidine rings is 1. The van der Waals surface area contributed by atoms with Crippen molar-refractivity contribution in [2.75, 3.05) is 6.54 Å². The zero-order chi connectivity index (χ0) is 20.1. The van der Waals surface area contributed by atoms with E-state index in [9.17, 15) is 9.59 Å². The van der Waals surface area contributed by atoms with Gasteiger partial charge in [-0.3, -0.25) is 14.3 Å². The van der Waals surface area contributed by atoms with E-state index in [1.807, 2.05) is 52.7 Å². The molecule has 1 atom stereocenters. The van der Waals surface area contributed by atoms with Gasteiger partial charge in [0.2, 0.25) is 5.91 Å². The van der Waals surface area contributed by atoms with Crippen LogP contribution >= 0.6 is 11.3 Å². The van der Waals surface area contributed by atoms with Crippen molar-refractivity contribution in [1.82, 2.24) is 20.0 Å². The normalized spacial score (nSPS) is 16.6. The van der Waals surface area contributed by atoms with E-state index in [-0.39, 0.29) is 11.8 Å². The van der Waals surface area contributed by atoms with Gasteiger partial charge in [-0.25, -0.2) is 0 Å². The predicted molar refractivity (Wildman–Crippen MR) is 113 cm³/mol. The summed E-state index contributed by atoms with van der Waals surface area (Å²) in [4.78, 5) is 28.2. The molecule has 0 bridgehead atoms. The number of carbonyl (C=O) groups is 2. The molecule has 7 heteroatoms.